The van der Waals surface area contributed by atoms with E-state index in [0.29, 0.717) is 77.4 Å². The van der Waals surface area contributed by atoms with Gasteiger partial charge in [-0.3, -0.25) is 24.3 Å². The molecule has 19 heterocycles. The van der Waals surface area contributed by atoms with E-state index in [1.54, 1.807) is 23.0 Å². The van der Waals surface area contributed by atoms with Crippen molar-refractivity contribution in [1.29, 1.82) is 0 Å². The summed E-state index contributed by atoms with van der Waals surface area (Å²) in [4.78, 5) is 56.2. The number of hydrogen-bond acceptors (Lipinski definition) is 20. The number of halogens is 1. The van der Waals surface area contributed by atoms with E-state index in [4.69, 9.17) is 64.1 Å². The molecule has 4 fully saturated rings. The van der Waals surface area contributed by atoms with Crippen LogP contribution in [0.5, 0.6) is 23.0 Å². The monoisotopic (exact) mass is 1510 g/mol. The largest absolute Gasteiger partial charge is 0.489 e. The van der Waals surface area contributed by atoms with E-state index in [-0.39, 0.29) is 25.2 Å². The quantitative estimate of drug-likeness (QED) is 0.137. The fraction of sp³-hybridized carbons (Fsp3) is 0.381. The standard InChI is InChI=1S/C23H22N6.C21H22N6O.C20H20N6O.C19H17FN6O2.CH4/c1-12-6-5-7-17-16(12)8-9-28-15(4)20(25-23(17)28)18-10-19(18)21-26-22-14(3)24-11-13(2)29(22)27-21;1-11-10-22-12(2)20-24-19(25-27(11)20)16-9-15(16)17-13(3)26-7-6-14-5-4-8-28-18(14)21(26)23-17;1-11-9-21-12(2)19-23-18(24-26(11)19)15-8-14(15)16-10-25-6-5-13-4-3-7-27-17(13)20(25)22-16;1-9-8-21-10(2)18-23-17(24-26(9)18)12-7-11(12)14-16(20)25-4-3-13-15(19(25)22-14)28-6-5-27-13;/h5-9,11,18-19H,10H2,1-4H3;6-7,10,15-16H,4-5,8-9H2,1-3H3;5-6,9-10,14-15H,3-4,7-8H2,1-2H3;3-4,8,11-12H,5-7H2,1-2H3;1H4. The highest BCUT2D eigenvalue weighted by molar-refractivity contribution is 5.96. The van der Waals surface area contributed by atoms with Gasteiger partial charge in [-0.15, -0.1) is 0 Å². The van der Waals surface area contributed by atoms with Gasteiger partial charge >= 0.3 is 0 Å². The Morgan fingerprint density at radius 1 is 0.372 bits per heavy atom. The first-order valence-electron chi connectivity index (χ1n) is 38.8. The number of rotatable bonds is 8. The predicted octanol–water partition coefficient (Wildman–Crippen LogP) is 13.9. The zero-order valence-electron chi connectivity index (χ0n) is 64.1. The van der Waals surface area contributed by atoms with Crippen molar-refractivity contribution in [1.82, 2.24) is 116 Å². The maximum Gasteiger partial charge on any atom is 0.221 e. The van der Waals surface area contributed by atoms with Gasteiger partial charge in [0.2, 0.25) is 11.7 Å². The van der Waals surface area contributed by atoms with Crippen LogP contribution in [0.2, 0.25) is 0 Å². The molecule has 4 saturated carbocycles. The SMILES string of the molecule is C.Cc1cccc2c1ccn1c(C)c(C3CC3c3nc4c(C)ncc(C)n4n3)nc21.Cc1ncc(C)n2nc(C3CC3c3cn4ccc5c(c4n3)OCCC5)nc12.Cc1ncc(C)n2nc(C3CC3c3nc4c5c(ccn4c3C)CCCO5)nc12.Cc1ncc(C)n2nc(C3CC3c3nc4c5c(ccn4c3F)OCCO5)nc12. The molecule has 572 valence electrons. The first-order chi connectivity index (χ1) is 54.4. The maximum atomic E-state index is 15.1. The summed E-state index contributed by atoms with van der Waals surface area (Å²) in [6.07, 6.45) is 25.6. The predicted molar refractivity (Wildman–Crippen MR) is 419 cm³/mol. The van der Waals surface area contributed by atoms with Crippen LogP contribution in [0.1, 0.15) is 213 Å². The fourth-order valence-electron chi connectivity index (χ4n) is 17.0. The average Bonchev–Trinajstić information content (AvgIpc) is 1.57. The number of aromatic nitrogens is 24. The second-order valence-corrected chi connectivity index (χ2v) is 31.3. The van der Waals surface area contributed by atoms with Crippen LogP contribution < -0.4 is 18.9 Å². The summed E-state index contributed by atoms with van der Waals surface area (Å²) in [5.74, 6) is 8.15. The smallest absolute Gasteiger partial charge is 0.221 e. The van der Waals surface area contributed by atoms with Crippen molar-refractivity contribution in [3.8, 4) is 23.0 Å². The highest BCUT2D eigenvalue weighted by Crippen LogP contribution is 2.58. The van der Waals surface area contributed by atoms with E-state index >= 15 is 4.39 Å². The Bertz CT molecular complexity index is 6420. The average molecular weight is 1510 g/mol. The Balaban J connectivity index is 0.0000000976. The van der Waals surface area contributed by atoms with Gasteiger partial charge in [0.15, 0.2) is 80.1 Å². The zero-order chi connectivity index (χ0) is 76.0. The van der Waals surface area contributed by atoms with Gasteiger partial charge in [-0.25, -0.2) is 57.9 Å². The van der Waals surface area contributed by atoms with Crippen molar-refractivity contribution in [3.05, 3.63) is 224 Å². The van der Waals surface area contributed by atoms with Crippen LogP contribution in [0.15, 0.2) is 98.2 Å². The molecule has 17 aromatic rings. The fourth-order valence-corrected chi connectivity index (χ4v) is 17.0. The zero-order valence-corrected chi connectivity index (χ0v) is 64.1. The van der Waals surface area contributed by atoms with Crippen molar-refractivity contribution in [2.24, 2.45) is 0 Å². The van der Waals surface area contributed by atoms with Gasteiger partial charge in [-0.1, -0.05) is 25.6 Å². The van der Waals surface area contributed by atoms with Gasteiger partial charge < -0.3 is 32.1 Å². The molecule has 1 aromatic carbocycles. The van der Waals surface area contributed by atoms with Crippen LogP contribution in [0.3, 0.4) is 0 Å². The molecular formula is C84H85FN24O4. The normalized spacial score (nSPS) is 20.4. The summed E-state index contributed by atoms with van der Waals surface area (Å²) in [7, 11) is 0. The molecule has 16 aromatic heterocycles. The summed E-state index contributed by atoms with van der Waals surface area (Å²) in [5, 5.41) is 21.4. The number of fused-ring (bicyclic) bond motifs is 16. The second-order valence-electron chi connectivity index (χ2n) is 31.3. The summed E-state index contributed by atoms with van der Waals surface area (Å²) in [6.45, 7) is 24.8. The van der Waals surface area contributed by atoms with Gasteiger partial charge in [0.05, 0.1) is 75.8 Å². The van der Waals surface area contributed by atoms with Crippen LogP contribution in [0.25, 0.3) is 55.9 Å². The van der Waals surface area contributed by atoms with E-state index in [2.05, 4.69) is 130 Å². The van der Waals surface area contributed by atoms with Gasteiger partial charge in [-0.2, -0.15) is 24.8 Å². The number of imidazole rings is 4. The lowest BCUT2D eigenvalue weighted by Crippen LogP contribution is -2.16. The van der Waals surface area contributed by atoms with E-state index in [0.717, 1.165) is 190 Å². The van der Waals surface area contributed by atoms with E-state index in [9.17, 15) is 0 Å². The highest BCUT2D eigenvalue weighted by atomic mass is 19.1. The molecule has 29 heteroatoms. The molecule has 28 nitrogen and oxygen atoms in total. The minimum Gasteiger partial charge on any atom is -0.489 e. The van der Waals surface area contributed by atoms with Crippen LogP contribution in [-0.4, -0.2) is 142 Å². The molecule has 0 amide bonds. The molecular weight excluding hydrogens is 1430 g/mol. The van der Waals surface area contributed by atoms with Gasteiger partial charge in [0.1, 0.15) is 24.6 Å². The summed E-state index contributed by atoms with van der Waals surface area (Å²) in [6, 6.07) is 14.7. The molecule has 8 atom stereocenters. The van der Waals surface area contributed by atoms with Crippen molar-refractivity contribution >= 4 is 55.9 Å². The maximum absolute atomic E-state index is 15.1. The number of hydrogen-bond donors (Lipinski definition) is 0. The molecule has 8 unspecified atom stereocenters. The van der Waals surface area contributed by atoms with Crippen molar-refractivity contribution < 1.29 is 23.3 Å². The lowest BCUT2D eigenvalue weighted by atomic mass is 10.1. The van der Waals surface area contributed by atoms with Crippen LogP contribution in [0, 0.1) is 82.1 Å². The summed E-state index contributed by atoms with van der Waals surface area (Å²) in [5.41, 5.74) is 24.3. The molecule has 4 aliphatic carbocycles. The molecule has 0 saturated heterocycles. The number of pyridine rings is 4. The lowest BCUT2D eigenvalue weighted by Gasteiger charge is -2.18. The van der Waals surface area contributed by atoms with Crippen LogP contribution >= 0.6 is 0 Å². The first-order valence-corrected chi connectivity index (χ1v) is 38.8. The second kappa shape index (κ2) is 26.4. The minimum atomic E-state index is -0.364. The molecule has 7 aliphatic rings. The Kier molecular flexibility index (Phi) is 16.3. The van der Waals surface area contributed by atoms with E-state index < -0.39 is 0 Å². The Hall–Kier alpha value is -12.4. The van der Waals surface area contributed by atoms with Crippen LogP contribution in [-0.2, 0) is 12.8 Å². The molecule has 3 aliphatic heterocycles. The van der Waals surface area contributed by atoms with Gasteiger partial charge in [0, 0.05) is 126 Å². The molecule has 0 spiro atoms. The van der Waals surface area contributed by atoms with Gasteiger partial charge in [-0.05, 0) is 168 Å². The van der Waals surface area contributed by atoms with E-state index in [1.165, 1.54) is 48.9 Å². The van der Waals surface area contributed by atoms with Crippen molar-refractivity contribution in [3.63, 3.8) is 0 Å². The first kappa shape index (κ1) is 69.7. The number of nitrogens with zero attached hydrogens (tertiary/aromatic N) is 24. The van der Waals surface area contributed by atoms with Crippen LogP contribution in [0.4, 0.5) is 4.39 Å². The third kappa shape index (κ3) is 11.5. The van der Waals surface area contributed by atoms with Crippen molar-refractivity contribution in [2.45, 2.75) is 182 Å². The third-order valence-corrected chi connectivity index (χ3v) is 23.7. The Labute approximate surface area is 647 Å². The Morgan fingerprint density at radius 2 is 0.796 bits per heavy atom. The molecule has 24 rings (SSSR count). The Morgan fingerprint density at radius 3 is 1.33 bits per heavy atom. The molecule has 0 radical (unpaired) electrons. The van der Waals surface area contributed by atoms with Crippen molar-refractivity contribution in [2.75, 3.05) is 26.4 Å². The topological polar surface area (TPSA) is 278 Å². The number of ether oxygens (including phenoxy) is 4. The lowest BCUT2D eigenvalue weighted by molar-refractivity contribution is 0.172. The summed E-state index contributed by atoms with van der Waals surface area (Å²) >= 11 is 0. The third-order valence-electron chi connectivity index (χ3n) is 23.7. The number of aryl methyl sites for hydroxylation is 13. The number of benzene rings is 1. The highest BCUT2D eigenvalue weighted by Gasteiger charge is 2.49. The minimum absolute atomic E-state index is 0. The molecule has 113 heavy (non-hydrogen) atoms. The van der Waals surface area contributed by atoms with E-state index in [1.807, 2.05) is 87.5 Å². The molecule has 0 bridgehead atoms. The van der Waals surface area contributed by atoms with Gasteiger partial charge in [0.25, 0.3) is 0 Å². The molecule has 0 N–H and O–H groups in total. The summed E-state index contributed by atoms with van der Waals surface area (Å²) < 4.78 is 53.6.